The highest BCUT2D eigenvalue weighted by Crippen LogP contribution is 2.28. The maximum absolute atomic E-state index is 12.1. The second kappa shape index (κ2) is 4.36. The molecule has 82 valence electrons. The van der Waals surface area contributed by atoms with Gasteiger partial charge < -0.3 is 0 Å². The molecule has 1 rings (SSSR count). The summed E-state index contributed by atoms with van der Waals surface area (Å²) in [6.45, 7) is 8.19. The average Bonchev–Trinajstić information content (AvgIpc) is 2.15. The zero-order chi connectivity index (χ0) is 11.6. The van der Waals surface area contributed by atoms with Gasteiger partial charge in [0.15, 0.2) is 5.78 Å². The predicted octanol–water partition coefficient (Wildman–Crippen LogP) is 4.20. The second-order valence-corrected chi connectivity index (χ2v) is 5.40. The van der Waals surface area contributed by atoms with E-state index in [0.717, 1.165) is 5.56 Å². The molecular formula is C13H17ClO. The molecule has 2 heteroatoms. The number of hydrogen-bond acceptors (Lipinski definition) is 1. The lowest BCUT2D eigenvalue weighted by atomic mass is 9.78. The van der Waals surface area contributed by atoms with Gasteiger partial charge in [0.25, 0.3) is 0 Å². The lowest BCUT2D eigenvalue weighted by Gasteiger charge is -2.25. The van der Waals surface area contributed by atoms with Crippen LogP contribution in [0.1, 0.15) is 38.1 Å². The van der Waals surface area contributed by atoms with Crippen molar-refractivity contribution in [1.82, 2.24) is 0 Å². The first-order chi connectivity index (χ1) is 6.82. The quantitative estimate of drug-likeness (QED) is 0.688. The van der Waals surface area contributed by atoms with Crippen LogP contribution in [0, 0.1) is 11.3 Å². The molecule has 1 unspecified atom stereocenters. The lowest BCUT2D eigenvalue weighted by Crippen LogP contribution is -2.25. The van der Waals surface area contributed by atoms with Gasteiger partial charge in [-0.05, 0) is 29.7 Å². The summed E-state index contributed by atoms with van der Waals surface area (Å²) in [6, 6.07) is 7.08. The number of halogens is 1. The Bertz CT molecular complexity index is 346. The third-order valence-corrected chi connectivity index (χ3v) is 3.07. The van der Waals surface area contributed by atoms with Gasteiger partial charge in [0.1, 0.15) is 0 Å². The van der Waals surface area contributed by atoms with Crippen LogP contribution in [0.15, 0.2) is 24.3 Å². The molecule has 0 N–H and O–H groups in total. The molecule has 0 amide bonds. The van der Waals surface area contributed by atoms with E-state index in [1.807, 2.05) is 6.92 Å². The van der Waals surface area contributed by atoms with E-state index in [1.54, 1.807) is 24.3 Å². The highest BCUT2D eigenvalue weighted by Gasteiger charge is 2.27. The van der Waals surface area contributed by atoms with Crippen molar-refractivity contribution < 1.29 is 4.79 Å². The molecule has 0 fully saturated rings. The van der Waals surface area contributed by atoms with Crippen LogP contribution in [-0.2, 0) is 0 Å². The first kappa shape index (κ1) is 12.3. The Kier molecular flexibility index (Phi) is 3.56. The largest absolute Gasteiger partial charge is 0.294 e. The zero-order valence-electron chi connectivity index (χ0n) is 9.67. The Hall–Kier alpha value is -0.820. The summed E-state index contributed by atoms with van der Waals surface area (Å²) in [5, 5.41) is 0.662. The third-order valence-electron chi connectivity index (χ3n) is 2.82. The van der Waals surface area contributed by atoms with E-state index < -0.39 is 0 Å². The molecule has 0 saturated carbocycles. The summed E-state index contributed by atoms with van der Waals surface area (Å²) in [6.07, 6.45) is 0. The third kappa shape index (κ3) is 3.07. The molecule has 0 radical (unpaired) electrons. The van der Waals surface area contributed by atoms with E-state index >= 15 is 0 Å². The number of carbonyl (C=O) groups is 1. The smallest absolute Gasteiger partial charge is 0.166 e. The summed E-state index contributed by atoms with van der Waals surface area (Å²) in [5.74, 6) is 0.192. The molecule has 15 heavy (non-hydrogen) atoms. The first-order valence-corrected chi connectivity index (χ1v) is 5.50. The molecular weight excluding hydrogens is 208 g/mol. The highest BCUT2D eigenvalue weighted by molar-refractivity contribution is 6.30. The SMILES string of the molecule is CC(C(=O)c1ccc(Cl)cc1)C(C)(C)C. The molecule has 0 bridgehead atoms. The lowest BCUT2D eigenvalue weighted by molar-refractivity contribution is 0.0839. The van der Waals surface area contributed by atoms with Crippen molar-refractivity contribution in [3.05, 3.63) is 34.9 Å². The number of carbonyl (C=O) groups excluding carboxylic acids is 1. The van der Waals surface area contributed by atoms with Gasteiger partial charge in [0.2, 0.25) is 0 Å². The van der Waals surface area contributed by atoms with E-state index in [4.69, 9.17) is 11.6 Å². The Morgan fingerprint density at radius 1 is 1.20 bits per heavy atom. The van der Waals surface area contributed by atoms with Gasteiger partial charge in [0, 0.05) is 16.5 Å². The van der Waals surface area contributed by atoms with Crippen LogP contribution in [0.2, 0.25) is 5.02 Å². The van der Waals surface area contributed by atoms with E-state index in [9.17, 15) is 4.79 Å². The van der Waals surface area contributed by atoms with Crippen molar-refractivity contribution in [2.24, 2.45) is 11.3 Å². The highest BCUT2D eigenvalue weighted by atomic mass is 35.5. The van der Waals surface area contributed by atoms with Crippen LogP contribution in [-0.4, -0.2) is 5.78 Å². The van der Waals surface area contributed by atoms with E-state index in [-0.39, 0.29) is 17.1 Å². The fourth-order valence-corrected chi connectivity index (χ4v) is 1.38. The molecule has 0 aromatic heterocycles. The maximum Gasteiger partial charge on any atom is 0.166 e. The minimum Gasteiger partial charge on any atom is -0.294 e. The molecule has 0 spiro atoms. The molecule has 0 saturated heterocycles. The Morgan fingerprint density at radius 2 is 1.67 bits per heavy atom. The van der Waals surface area contributed by atoms with Crippen LogP contribution < -0.4 is 0 Å². The molecule has 1 atom stereocenters. The molecule has 0 aliphatic rings. The Morgan fingerprint density at radius 3 is 2.07 bits per heavy atom. The summed E-state index contributed by atoms with van der Waals surface area (Å²) < 4.78 is 0. The van der Waals surface area contributed by atoms with Gasteiger partial charge in [-0.1, -0.05) is 39.3 Å². The molecule has 1 nitrogen and oxygen atoms in total. The first-order valence-electron chi connectivity index (χ1n) is 5.12. The molecule has 1 aromatic carbocycles. The monoisotopic (exact) mass is 224 g/mol. The van der Waals surface area contributed by atoms with Crippen LogP contribution in [0.3, 0.4) is 0 Å². The van der Waals surface area contributed by atoms with Gasteiger partial charge in [-0.3, -0.25) is 4.79 Å². The average molecular weight is 225 g/mol. The normalized spacial score (nSPS) is 13.7. The van der Waals surface area contributed by atoms with Crippen molar-refractivity contribution in [3.63, 3.8) is 0 Å². The fourth-order valence-electron chi connectivity index (χ4n) is 1.26. The van der Waals surface area contributed by atoms with Crippen LogP contribution in [0.25, 0.3) is 0 Å². The van der Waals surface area contributed by atoms with Crippen molar-refractivity contribution in [2.45, 2.75) is 27.7 Å². The van der Waals surface area contributed by atoms with Crippen LogP contribution in [0.4, 0.5) is 0 Å². The van der Waals surface area contributed by atoms with Crippen molar-refractivity contribution >= 4 is 17.4 Å². The standard InChI is InChI=1S/C13H17ClO/c1-9(13(2,3)4)12(15)10-5-7-11(14)8-6-10/h5-9H,1-4H3. The summed E-state index contributed by atoms with van der Waals surface area (Å²) in [4.78, 5) is 12.1. The molecule has 1 aromatic rings. The van der Waals surface area contributed by atoms with Crippen LogP contribution >= 0.6 is 11.6 Å². The molecule has 0 aliphatic carbocycles. The second-order valence-electron chi connectivity index (χ2n) is 4.96. The number of benzene rings is 1. The molecule has 0 heterocycles. The predicted molar refractivity (Wildman–Crippen MR) is 64.4 cm³/mol. The van der Waals surface area contributed by atoms with E-state index in [2.05, 4.69) is 20.8 Å². The Labute approximate surface area is 96.5 Å². The van der Waals surface area contributed by atoms with Crippen molar-refractivity contribution in [2.75, 3.05) is 0 Å². The van der Waals surface area contributed by atoms with Crippen molar-refractivity contribution in [1.29, 1.82) is 0 Å². The summed E-state index contributed by atoms with van der Waals surface area (Å²) >= 11 is 5.77. The molecule has 0 aliphatic heterocycles. The fraction of sp³-hybridized carbons (Fsp3) is 0.462. The Balaban J connectivity index is 2.90. The summed E-state index contributed by atoms with van der Waals surface area (Å²) in [7, 11) is 0. The summed E-state index contributed by atoms with van der Waals surface area (Å²) in [5.41, 5.74) is 0.735. The van der Waals surface area contributed by atoms with E-state index in [1.165, 1.54) is 0 Å². The van der Waals surface area contributed by atoms with E-state index in [0.29, 0.717) is 5.02 Å². The minimum absolute atomic E-state index is 0.00325. The van der Waals surface area contributed by atoms with Gasteiger partial charge in [-0.25, -0.2) is 0 Å². The van der Waals surface area contributed by atoms with Crippen molar-refractivity contribution in [3.8, 4) is 0 Å². The number of ketones is 1. The minimum atomic E-state index is -0.00325. The number of hydrogen-bond donors (Lipinski definition) is 0. The number of Topliss-reactive ketones (excluding diaryl/α,β-unsaturated/α-hetero) is 1. The van der Waals surface area contributed by atoms with Gasteiger partial charge in [-0.2, -0.15) is 0 Å². The van der Waals surface area contributed by atoms with Gasteiger partial charge in [0.05, 0.1) is 0 Å². The van der Waals surface area contributed by atoms with Crippen LogP contribution in [0.5, 0.6) is 0 Å². The topological polar surface area (TPSA) is 17.1 Å². The number of rotatable bonds is 2. The maximum atomic E-state index is 12.1. The zero-order valence-corrected chi connectivity index (χ0v) is 10.4. The van der Waals surface area contributed by atoms with Gasteiger partial charge >= 0.3 is 0 Å². The van der Waals surface area contributed by atoms with Gasteiger partial charge in [-0.15, -0.1) is 0 Å².